The Morgan fingerprint density at radius 3 is 2.73 bits per heavy atom. The summed E-state index contributed by atoms with van der Waals surface area (Å²) in [5.74, 6) is 0. The van der Waals surface area contributed by atoms with Crippen LogP contribution >= 0.6 is 0 Å². The molecule has 1 rings (SSSR count). The van der Waals surface area contributed by atoms with Crippen molar-refractivity contribution in [3.05, 3.63) is 11.6 Å². The van der Waals surface area contributed by atoms with E-state index in [0.717, 1.165) is 0 Å². The number of nitrogens with two attached hydrogens (primary N) is 1. The fourth-order valence-corrected chi connectivity index (χ4v) is 1.90. The lowest BCUT2D eigenvalue weighted by Gasteiger charge is -2.32. The average molecular weight is 153 g/mol. The summed E-state index contributed by atoms with van der Waals surface area (Å²) >= 11 is 0. The van der Waals surface area contributed by atoms with Gasteiger partial charge in [0.1, 0.15) is 0 Å². The van der Waals surface area contributed by atoms with Crippen LogP contribution in [0.4, 0.5) is 0 Å². The highest BCUT2D eigenvalue weighted by molar-refractivity contribution is 5.14. The van der Waals surface area contributed by atoms with Gasteiger partial charge in [0.2, 0.25) is 0 Å². The van der Waals surface area contributed by atoms with E-state index in [4.69, 9.17) is 5.73 Å². The van der Waals surface area contributed by atoms with E-state index in [9.17, 15) is 0 Å². The number of hydrogen-bond donors (Lipinski definition) is 1. The van der Waals surface area contributed by atoms with Gasteiger partial charge in [-0.05, 0) is 24.7 Å². The number of allylic oxidation sites excluding steroid dienone is 1. The van der Waals surface area contributed by atoms with Crippen molar-refractivity contribution in [1.82, 2.24) is 0 Å². The molecule has 1 heteroatoms. The zero-order valence-electron chi connectivity index (χ0n) is 7.69. The van der Waals surface area contributed by atoms with E-state index < -0.39 is 0 Å². The minimum atomic E-state index is 0.428. The highest BCUT2D eigenvalue weighted by Gasteiger charge is 2.25. The molecule has 1 saturated carbocycles. The normalized spacial score (nSPS) is 27.4. The molecule has 0 heterocycles. The summed E-state index contributed by atoms with van der Waals surface area (Å²) in [6.07, 6.45) is 7.55. The molecule has 1 aliphatic rings. The summed E-state index contributed by atoms with van der Waals surface area (Å²) in [5.41, 5.74) is 7.51. The molecule has 0 spiro atoms. The minimum absolute atomic E-state index is 0.428. The Morgan fingerprint density at radius 1 is 1.45 bits per heavy atom. The standard InChI is InChI=1S/C10H19N/c1-10(2)7-4-3-5-9(10)6-8-11/h6H,3-5,7-8,11H2,1-2H3. The molecule has 0 aromatic rings. The van der Waals surface area contributed by atoms with Gasteiger partial charge in [-0.3, -0.25) is 0 Å². The highest BCUT2D eigenvalue weighted by Crippen LogP contribution is 2.39. The average Bonchev–Trinajstić information content (AvgIpc) is 1.94. The van der Waals surface area contributed by atoms with Gasteiger partial charge in [0.25, 0.3) is 0 Å². The molecule has 11 heavy (non-hydrogen) atoms. The van der Waals surface area contributed by atoms with Crippen LogP contribution in [0.25, 0.3) is 0 Å². The molecule has 1 nitrogen and oxygen atoms in total. The molecule has 0 unspecified atom stereocenters. The van der Waals surface area contributed by atoms with Crippen molar-refractivity contribution >= 4 is 0 Å². The predicted molar refractivity (Wildman–Crippen MR) is 49.4 cm³/mol. The molecule has 0 bridgehead atoms. The second kappa shape index (κ2) is 3.40. The fourth-order valence-electron chi connectivity index (χ4n) is 1.90. The summed E-state index contributed by atoms with van der Waals surface area (Å²) < 4.78 is 0. The Kier molecular flexibility index (Phi) is 2.72. The Bertz CT molecular complexity index is 156. The monoisotopic (exact) mass is 153 g/mol. The Balaban J connectivity index is 2.67. The molecule has 64 valence electrons. The fraction of sp³-hybridized carbons (Fsp3) is 0.800. The van der Waals surface area contributed by atoms with Gasteiger partial charge in [-0.2, -0.15) is 0 Å². The first kappa shape index (κ1) is 8.79. The molecule has 0 radical (unpaired) electrons. The van der Waals surface area contributed by atoms with E-state index in [2.05, 4.69) is 19.9 Å². The van der Waals surface area contributed by atoms with Crippen LogP contribution in [0.5, 0.6) is 0 Å². The Labute approximate surface area is 69.7 Å². The van der Waals surface area contributed by atoms with Gasteiger partial charge >= 0.3 is 0 Å². The van der Waals surface area contributed by atoms with Crippen molar-refractivity contribution in [2.45, 2.75) is 39.5 Å². The first-order valence-corrected chi connectivity index (χ1v) is 4.56. The topological polar surface area (TPSA) is 26.0 Å². The lowest BCUT2D eigenvalue weighted by molar-refractivity contribution is 0.335. The van der Waals surface area contributed by atoms with Crippen molar-refractivity contribution in [3.8, 4) is 0 Å². The van der Waals surface area contributed by atoms with Crippen LogP contribution in [0, 0.1) is 5.41 Å². The maximum Gasteiger partial charge on any atom is 0.0109 e. The largest absolute Gasteiger partial charge is 0.327 e. The van der Waals surface area contributed by atoms with Gasteiger partial charge < -0.3 is 5.73 Å². The third-order valence-electron chi connectivity index (χ3n) is 2.73. The summed E-state index contributed by atoms with van der Waals surface area (Å²) in [7, 11) is 0. The van der Waals surface area contributed by atoms with Gasteiger partial charge in [-0.1, -0.05) is 31.9 Å². The summed E-state index contributed by atoms with van der Waals surface area (Å²) in [5, 5.41) is 0. The van der Waals surface area contributed by atoms with Crippen LogP contribution in [0.15, 0.2) is 11.6 Å². The van der Waals surface area contributed by atoms with Crippen molar-refractivity contribution in [2.75, 3.05) is 6.54 Å². The SMILES string of the molecule is CC1(C)CCCCC1=CCN. The number of rotatable bonds is 1. The third kappa shape index (κ3) is 2.06. The van der Waals surface area contributed by atoms with Crippen LogP contribution in [0.3, 0.4) is 0 Å². The van der Waals surface area contributed by atoms with Crippen LogP contribution in [-0.4, -0.2) is 6.54 Å². The van der Waals surface area contributed by atoms with Crippen molar-refractivity contribution in [2.24, 2.45) is 11.1 Å². The van der Waals surface area contributed by atoms with E-state index in [-0.39, 0.29) is 0 Å². The Morgan fingerprint density at radius 2 is 2.18 bits per heavy atom. The van der Waals surface area contributed by atoms with Crippen molar-refractivity contribution in [3.63, 3.8) is 0 Å². The summed E-state index contributed by atoms with van der Waals surface area (Å²) in [6, 6.07) is 0. The van der Waals surface area contributed by atoms with Gasteiger partial charge in [-0.25, -0.2) is 0 Å². The van der Waals surface area contributed by atoms with E-state index in [0.29, 0.717) is 12.0 Å². The zero-order valence-corrected chi connectivity index (χ0v) is 7.69. The van der Waals surface area contributed by atoms with Crippen molar-refractivity contribution < 1.29 is 0 Å². The van der Waals surface area contributed by atoms with E-state index in [1.165, 1.54) is 25.7 Å². The lowest BCUT2D eigenvalue weighted by Crippen LogP contribution is -2.20. The molecular formula is C10H19N. The molecule has 0 aliphatic heterocycles. The second-order valence-electron chi connectivity index (χ2n) is 4.06. The number of hydrogen-bond acceptors (Lipinski definition) is 1. The van der Waals surface area contributed by atoms with Gasteiger partial charge in [0.15, 0.2) is 0 Å². The first-order valence-electron chi connectivity index (χ1n) is 4.56. The molecule has 0 aromatic carbocycles. The smallest absolute Gasteiger partial charge is 0.0109 e. The maximum absolute atomic E-state index is 5.50. The Hall–Kier alpha value is -0.300. The summed E-state index contributed by atoms with van der Waals surface area (Å²) in [4.78, 5) is 0. The molecule has 0 atom stereocenters. The molecule has 0 amide bonds. The first-order chi connectivity index (χ1) is 5.17. The quantitative estimate of drug-likeness (QED) is 0.575. The van der Waals surface area contributed by atoms with Crippen LogP contribution in [0.2, 0.25) is 0 Å². The van der Waals surface area contributed by atoms with Crippen LogP contribution in [0.1, 0.15) is 39.5 Å². The lowest BCUT2D eigenvalue weighted by atomic mass is 9.73. The van der Waals surface area contributed by atoms with E-state index in [1.807, 2.05) is 0 Å². The van der Waals surface area contributed by atoms with Crippen LogP contribution in [-0.2, 0) is 0 Å². The molecule has 0 saturated heterocycles. The molecular weight excluding hydrogens is 134 g/mol. The van der Waals surface area contributed by atoms with Gasteiger partial charge in [0, 0.05) is 6.54 Å². The van der Waals surface area contributed by atoms with Crippen LogP contribution < -0.4 is 5.73 Å². The zero-order chi connectivity index (χ0) is 8.32. The van der Waals surface area contributed by atoms with Crippen molar-refractivity contribution in [1.29, 1.82) is 0 Å². The van der Waals surface area contributed by atoms with E-state index in [1.54, 1.807) is 5.57 Å². The highest BCUT2D eigenvalue weighted by atomic mass is 14.5. The minimum Gasteiger partial charge on any atom is -0.327 e. The molecule has 1 aliphatic carbocycles. The third-order valence-corrected chi connectivity index (χ3v) is 2.73. The molecule has 0 aromatic heterocycles. The maximum atomic E-state index is 5.50. The predicted octanol–water partition coefficient (Wildman–Crippen LogP) is 2.47. The van der Waals surface area contributed by atoms with Gasteiger partial charge in [0.05, 0.1) is 0 Å². The van der Waals surface area contributed by atoms with Gasteiger partial charge in [-0.15, -0.1) is 0 Å². The van der Waals surface area contributed by atoms with E-state index >= 15 is 0 Å². The molecule has 2 N–H and O–H groups in total. The second-order valence-corrected chi connectivity index (χ2v) is 4.06. The molecule has 1 fully saturated rings. The summed E-state index contributed by atoms with van der Waals surface area (Å²) in [6.45, 7) is 5.36.